The van der Waals surface area contributed by atoms with Gasteiger partial charge in [-0.25, -0.2) is 0 Å². The number of hydrogen-bond donors (Lipinski definition) is 1. The number of anilines is 1. The molecule has 0 bridgehead atoms. The lowest BCUT2D eigenvalue weighted by Crippen LogP contribution is -2.20. The monoisotopic (exact) mass is 365 g/mol. The molecule has 0 radical (unpaired) electrons. The molecule has 0 aliphatic carbocycles. The topological polar surface area (TPSA) is 55.6 Å². The zero-order chi connectivity index (χ0) is 18.9. The third-order valence-corrected chi connectivity index (χ3v) is 5.05. The summed E-state index contributed by atoms with van der Waals surface area (Å²) in [5.41, 5.74) is 6.90. The van der Waals surface area contributed by atoms with Gasteiger partial charge in [0.2, 0.25) is 5.95 Å². The molecule has 4 aromatic rings. The van der Waals surface area contributed by atoms with Crippen LogP contribution in [0.4, 0.5) is 5.95 Å². The molecular formula is C23H19N5. The summed E-state index contributed by atoms with van der Waals surface area (Å²) >= 11 is 0. The van der Waals surface area contributed by atoms with E-state index in [1.54, 1.807) is 0 Å². The smallest absolute Gasteiger partial charge is 0.248 e. The average Bonchev–Trinajstić information content (AvgIpc) is 3.23. The molecule has 0 saturated heterocycles. The molecule has 3 aromatic carbocycles. The maximum Gasteiger partial charge on any atom is 0.248 e. The third kappa shape index (κ3) is 2.97. The van der Waals surface area contributed by atoms with Crippen molar-refractivity contribution >= 4 is 11.6 Å². The summed E-state index contributed by atoms with van der Waals surface area (Å²) in [7, 11) is 0. The van der Waals surface area contributed by atoms with Gasteiger partial charge in [-0.3, -0.25) is 0 Å². The lowest BCUT2D eigenvalue weighted by molar-refractivity contribution is 0.586. The van der Waals surface area contributed by atoms with E-state index in [1.807, 2.05) is 10.7 Å². The zero-order valence-corrected chi connectivity index (χ0v) is 15.4. The normalized spacial score (nSPS) is 15.5. The molecule has 136 valence electrons. The molecule has 0 saturated carbocycles. The number of benzene rings is 3. The Morgan fingerprint density at radius 1 is 0.786 bits per heavy atom. The van der Waals surface area contributed by atoms with Crippen LogP contribution in [0.15, 0.2) is 84.9 Å². The van der Waals surface area contributed by atoms with E-state index in [1.165, 1.54) is 16.7 Å². The van der Waals surface area contributed by atoms with Crippen molar-refractivity contribution in [2.24, 2.45) is 0 Å². The number of nitrogens with zero attached hydrogens (tertiary/aromatic N) is 4. The predicted octanol–water partition coefficient (Wildman–Crippen LogP) is 4.70. The van der Waals surface area contributed by atoms with Crippen molar-refractivity contribution in [2.45, 2.75) is 13.0 Å². The molecule has 1 aliphatic rings. The minimum atomic E-state index is -0.0457. The van der Waals surface area contributed by atoms with Gasteiger partial charge in [-0.05, 0) is 45.7 Å². The van der Waals surface area contributed by atoms with Gasteiger partial charge < -0.3 is 5.32 Å². The van der Waals surface area contributed by atoms with Crippen LogP contribution in [-0.4, -0.2) is 20.2 Å². The van der Waals surface area contributed by atoms with Crippen molar-refractivity contribution in [1.82, 2.24) is 20.2 Å². The Bertz CT molecular complexity index is 1130. The first-order chi connectivity index (χ1) is 13.8. The van der Waals surface area contributed by atoms with Crippen molar-refractivity contribution in [3.8, 4) is 11.1 Å². The first-order valence-electron chi connectivity index (χ1n) is 9.27. The Morgan fingerprint density at radius 2 is 1.46 bits per heavy atom. The van der Waals surface area contributed by atoms with Crippen LogP contribution in [-0.2, 0) is 0 Å². The Kier molecular flexibility index (Phi) is 3.98. The lowest BCUT2D eigenvalue weighted by Gasteiger charge is -2.23. The van der Waals surface area contributed by atoms with E-state index in [0.29, 0.717) is 5.95 Å². The van der Waals surface area contributed by atoms with Crippen molar-refractivity contribution in [1.29, 1.82) is 0 Å². The average molecular weight is 365 g/mol. The van der Waals surface area contributed by atoms with Gasteiger partial charge in [0.15, 0.2) is 0 Å². The van der Waals surface area contributed by atoms with Gasteiger partial charge >= 0.3 is 0 Å². The van der Waals surface area contributed by atoms with E-state index < -0.39 is 0 Å². The van der Waals surface area contributed by atoms with E-state index >= 15 is 0 Å². The summed E-state index contributed by atoms with van der Waals surface area (Å²) in [6, 6.07) is 27.4. The maximum absolute atomic E-state index is 4.17. The van der Waals surface area contributed by atoms with Gasteiger partial charge in [0, 0.05) is 5.70 Å². The van der Waals surface area contributed by atoms with Crippen molar-refractivity contribution < 1.29 is 0 Å². The molecule has 1 aliphatic heterocycles. The fraction of sp³-hybridized carbons (Fsp3) is 0.0870. The number of fused-ring (bicyclic) bond motifs is 1. The largest absolute Gasteiger partial charge is 0.323 e. The quantitative estimate of drug-likeness (QED) is 0.571. The molecule has 1 N–H and O–H groups in total. The van der Waals surface area contributed by atoms with Gasteiger partial charge in [0.1, 0.15) is 6.04 Å². The summed E-state index contributed by atoms with van der Waals surface area (Å²) in [6.45, 7) is 2.09. The molecule has 5 rings (SSSR count). The van der Waals surface area contributed by atoms with Crippen LogP contribution in [0, 0.1) is 6.92 Å². The van der Waals surface area contributed by atoms with Gasteiger partial charge in [-0.2, -0.15) is 4.68 Å². The molecule has 28 heavy (non-hydrogen) atoms. The highest BCUT2D eigenvalue weighted by Gasteiger charge is 2.24. The highest BCUT2D eigenvalue weighted by molar-refractivity contribution is 5.78. The number of hydrogen-bond acceptors (Lipinski definition) is 4. The fourth-order valence-corrected chi connectivity index (χ4v) is 3.50. The van der Waals surface area contributed by atoms with Crippen LogP contribution >= 0.6 is 0 Å². The summed E-state index contributed by atoms with van der Waals surface area (Å²) in [6.07, 6.45) is 2.17. The number of aryl methyl sites for hydroxylation is 1. The number of tetrazole rings is 1. The summed E-state index contributed by atoms with van der Waals surface area (Å²) in [4.78, 5) is 0. The fourth-order valence-electron chi connectivity index (χ4n) is 3.50. The summed E-state index contributed by atoms with van der Waals surface area (Å²) in [5, 5.41) is 15.5. The van der Waals surface area contributed by atoms with Crippen molar-refractivity contribution in [3.63, 3.8) is 0 Å². The van der Waals surface area contributed by atoms with Crippen LogP contribution in [0.1, 0.15) is 22.7 Å². The van der Waals surface area contributed by atoms with Crippen LogP contribution in [0.5, 0.6) is 0 Å². The third-order valence-electron chi connectivity index (χ3n) is 5.05. The van der Waals surface area contributed by atoms with Gasteiger partial charge in [0.05, 0.1) is 0 Å². The molecule has 0 unspecified atom stereocenters. The zero-order valence-electron chi connectivity index (χ0n) is 15.4. The number of allylic oxidation sites excluding steroid dienone is 1. The summed E-state index contributed by atoms with van der Waals surface area (Å²) in [5.74, 6) is 0.648. The van der Waals surface area contributed by atoms with Crippen LogP contribution in [0.3, 0.4) is 0 Å². The second-order valence-electron chi connectivity index (χ2n) is 6.95. The highest BCUT2D eigenvalue weighted by Crippen LogP contribution is 2.32. The van der Waals surface area contributed by atoms with Crippen LogP contribution < -0.4 is 5.32 Å². The molecule has 5 heteroatoms. The molecule has 1 aromatic heterocycles. The number of rotatable bonds is 3. The predicted molar refractivity (Wildman–Crippen MR) is 111 cm³/mol. The Balaban J connectivity index is 1.52. The van der Waals surface area contributed by atoms with E-state index in [2.05, 4.69) is 107 Å². The Hall–Kier alpha value is -3.73. The van der Waals surface area contributed by atoms with E-state index in [4.69, 9.17) is 0 Å². The molecule has 0 amide bonds. The summed E-state index contributed by atoms with van der Waals surface area (Å²) < 4.78 is 1.81. The molecule has 2 heterocycles. The molecule has 5 nitrogen and oxygen atoms in total. The molecule has 1 atom stereocenters. The first kappa shape index (κ1) is 16.4. The van der Waals surface area contributed by atoms with Crippen LogP contribution in [0.25, 0.3) is 16.8 Å². The van der Waals surface area contributed by atoms with Crippen molar-refractivity contribution in [3.05, 3.63) is 102 Å². The minimum Gasteiger partial charge on any atom is -0.323 e. The highest BCUT2D eigenvalue weighted by atomic mass is 15.6. The standard InChI is InChI=1S/C23H19N5/c1-16-7-9-20(10-8-16)22-15-21(24-23-25-26-27-28(22)23)19-13-11-18(12-14-19)17-5-3-2-4-6-17/h2-15,22H,1H3,(H,24,25,27)/t22-/m0/s1. The number of aromatic nitrogens is 4. The van der Waals surface area contributed by atoms with E-state index in [9.17, 15) is 0 Å². The first-order valence-corrected chi connectivity index (χ1v) is 9.27. The molecule has 0 spiro atoms. The van der Waals surface area contributed by atoms with Gasteiger partial charge in [-0.15, -0.1) is 0 Å². The lowest BCUT2D eigenvalue weighted by atomic mass is 9.99. The minimum absolute atomic E-state index is 0.0457. The van der Waals surface area contributed by atoms with Gasteiger partial charge in [-0.1, -0.05) is 89.5 Å². The van der Waals surface area contributed by atoms with Crippen LogP contribution in [0.2, 0.25) is 0 Å². The van der Waals surface area contributed by atoms with Crippen molar-refractivity contribution in [2.75, 3.05) is 5.32 Å². The number of nitrogens with one attached hydrogen (secondary N) is 1. The van der Waals surface area contributed by atoms with E-state index in [-0.39, 0.29) is 6.04 Å². The van der Waals surface area contributed by atoms with Gasteiger partial charge in [0.25, 0.3) is 0 Å². The second kappa shape index (κ2) is 6.78. The van der Waals surface area contributed by atoms with E-state index in [0.717, 1.165) is 16.8 Å². The SMILES string of the molecule is Cc1ccc([C@@H]2C=C(c3ccc(-c4ccccc4)cc3)Nc3nnnn32)cc1. The molecular weight excluding hydrogens is 346 g/mol. The Morgan fingerprint density at radius 3 is 2.21 bits per heavy atom. The maximum atomic E-state index is 4.17. The Labute approximate surface area is 163 Å². The second-order valence-corrected chi connectivity index (χ2v) is 6.95. The molecule has 0 fully saturated rings.